The summed E-state index contributed by atoms with van der Waals surface area (Å²) in [6.07, 6.45) is 0. The smallest absolute Gasteiger partial charge is 0.238 e. The molecule has 0 aliphatic rings. The summed E-state index contributed by atoms with van der Waals surface area (Å²) < 4.78 is 0.902. The van der Waals surface area contributed by atoms with E-state index in [-0.39, 0.29) is 5.91 Å². The van der Waals surface area contributed by atoms with Gasteiger partial charge in [-0.15, -0.1) is 0 Å². The van der Waals surface area contributed by atoms with Crippen LogP contribution in [0.5, 0.6) is 0 Å². The van der Waals surface area contributed by atoms with Crippen molar-refractivity contribution in [3.05, 3.63) is 28.7 Å². The predicted octanol–water partition coefficient (Wildman–Crippen LogP) is 2.66. The van der Waals surface area contributed by atoms with Gasteiger partial charge >= 0.3 is 0 Å². The molecule has 0 aliphatic heterocycles. The zero-order valence-corrected chi connectivity index (χ0v) is 14.1. The summed E-state index contributed by atoms with van der Waals surface area (Å²) in [6.45, 7) is 8.70. The summed E-state index contributed by atoms with van der Waals surface area (Å²) in [6, 6.07) is 7.64. The maximum Gasteiger partial charge on any atom is 0.238 e. The zero-order valence-electron chi connectivity index (χ0n) is 12.5. The van der Waals surface area contributed by atoms with Crippen molar-refractivity contribution >= 4 is 27.5 Å². The molecule has 0 bridgehead atoms. The minimum absolute atomic E-state index is 0.0129. The standard InChI is InChI=1S/C15H24BrN3O/c1-4-19(5-2)11-10-18(3)12-15(20)17-14-9-7-6-8-13(14)16/h6-9H,4-5,10-12H2,1-3H3,(H,17,20). The Morgan fingerprint density at radius 2 is 1.85 bits per heavy atom. The molecule has 5 heteroatoms. The molecular formula is C15H24BrN3O. The molecule has 0 saturated carbocycles. The zero-order chi connectivity index (χ0) is 15.0. The maximum atomic E-state index is 12.0. The minimum Gasteiger partial charge on any atom is -0.324 e. The van der Waals surface area contributed by atoms with Crippen LogP contribution in [0, 0.1) is 0 Å². The van der Waals surface area contributed by atoms with E-state index in [1.807, 2.05) is 36.2 Å². The molecule has 4 nitrogen and oxygen atoms in total. The fourth-order valence-electron chi connectivity index (χ4n) is 1.93. The molecule has 1 N–H and O–H groups in total. The highest BCUT2D eigenvalue weighted by atomic mass is 79.9. The second-order valence-corrected chi connectivity index (χ2v) is 5.65. The molecule has 1 amide bonds. The van der Waals surface area contributed by atoms with Gasteiger partial charge in [0.15, 0.2) is 0 Å². The van der Waals surface area contributed by atoms with Crippen LogP contribution in [0.15, 0.2) is 28.7 Å². The molecule has 0 aliphatic carbocycles. The molecule has 1 rings (SSSR count). The van der Waals surface area contributed by atoms with Gasteiger partial charge in [0.1, 0.15) is 0 Å². The van der Waals surface area contributed by atoms with E-state index >= 15 is 0 Å². The van der Waals surface area contributed by atoms with Crippen LogP contribution < -0.4 is 5.32 Å². The molecule has 0 atom stereocenters. The van der Waals surface area contributed by atoms with Crippen LogP contribution in [0.4, 0.5) is 5.69 Å². The van der Waals surface area contributed by atoms with Gasteiger partial charge in [-0.1, -0.05) is 26.0 Å². The van der Waals surface area contributed by atoms with Gasteiger partial charge in [0.2, 0.25) is 5.91 Å². The Labute approximate surface area is 130 Å². The number of carbonyl (C=O) groups excluding carboxylic acids is 1. The first-order chi connectivity index (χ1) is 9.56. The summed E-state index contributed by atoms with van der Waals surface area (Å²) in [5.74, 6) is 0.0129. The first kappa shape index (κ1) is 17.1. The van der Waals surface area contributed by atoms with Crippen molar-refractivity contribution in [2.75, 3.05) is 45.1 Å². The van der Waals surface area contributed by atoms with Gasteiger partial charge in [-0.05, 0) is 48.2 Å². The van der Waals surface area contributed by atoms with Crippen molar-refractivity contribution in [2.45, 2.75) is 13.8 Å². The van der Waals surface area contributed by atoms with Crippen LogP contribution >= 0.6 is 15.9 Å². The van der Waals surface area contributed by atoms with Gasteiger partial charge in [0, 0.05) is 17.6 Å². The van der Waals surface area contributed by atoms with Crippen molar-refractivity contribution in [1.29, 1.82) is 0 Å². The lowest BCUT2D eigenvalue weighted by Gasteiger charge is -2.22. The number of rotatable bonds is 8. The lowest BCUT2D eigenvalue weighted by Crippen LogP contribution is -2.37. The summed E-state index contributed by atoms with van der Waals surface area (Å²) in [7, 11) is 1.98. The Morgan fingerprint density at radius 3 is 2.45 bits per heavy atom. The first-order valence-electron chi connectivity index (χ1n) is 7.02. The number of anilines is 1. The Bertz CT molecular complexity index is 421. The van der Waals surface area contributed by atoms with Gasteiger partial charge in [-0.25, -0.2) is 0 Å². The number of amides is 1. The lowest BCUT2D eigenvalue weighted by atomic mass is 10.3. The Hall–Kier alpha value is -0.910. The molecule has 0 spiro atoms. The highest BCUT2D eigenvalue weighted by Gasteiger charge is 2.09. The van der Waals surface area contributed by atoms with Crippen molar-refractivity contribution in [3.8, 4) is 0 Å². The van der Waals surface area contributed by atoms with Gasteiger partial charge in [0.05, 0.1) is 12.2 Å². The van der Waals surface area contributed by atoms with Crippen molar-refractivity contribution in [1.82, 2.24) is 9.80 Å². The number of halogens is 1. The number of hydrogen-bond acceptors (Lipinski definition) is 3. The molecule has 0 aromatic heterocycles. The topological polar surface area (TPSA) is 35.6 Å². The van der Waals surface area contributed by atoms with E-state index in [2.05, 4.69) is 40.0 Å². The van der Waals surface area contributed by atoms with Gasteiger partial charge in [-0.3, -0.25) is 9.69 Å². The van der Waals surface area contributed by atoms with Crippen LogP contribution in [0.25, 0.3) is 0 Å². The average Bonchev–Trinajstić information content (AvgIpc) is 2.42. The van der Waals surface area contributed by atoms with E-state index in [1.165, 1.54) is 0 Å². The molecule has 0 heterocycles. The summed E-state index contributed by atoms with van der Waals surface area (Å²) in [5.41, 5.74) is 0.814. The van der Waals surface area contributed by atoms with Crippen molar-refractivity contribution < 1.29 is 4.79 Å². The van der Waals surface area contributed by atoms with Gasteiger partial charge < -0.3 is 10.2 Å². The van der Waals surface area contributed by atoms with Crippen molar-refractivity contribution in [3.63, 3.8) is 0 Å². The maximum absolute atomic E-state index is 12.0. The van der Waals surface area contributed by atoms with E-state index in [0.29, 0.717) is 6.54 Å². The van der Waals surface area contributed by atoms with E-state index in [1.54, 1.807) is 0 Å². The summed E-state index contributed by atoms with van der Waals surface area (Å²) >= 11 is 3.42. The van der Waals surface area contributed by atoms with E-state index < -0.39 is 0 Å². The number of likely N-dealkylation sites (N-methyl/N-ethyl adjacent to an activating group) is 2. The number of benzene rings is 1. The lowest BCUT2D eigenvalue weighted by molar-refractivity contribution is -0.117. The third kappa shape index (κ3) is 6.03. The monoisotopic (exact) mass is 341 g/mol. The summed E-state index contributed by atoms with van der Waals surface area (Å²) in [4.78, 5) is 16.4. The number of carbonyl (C=O) groups is 1. The molecule has 112 valence electrons. The molecule has 0 saturated heterocycles. The van der Waals surface area contributed by atoms with Crippen LogP contribution in [0.1, 0.15) is 13.8 Å². The fraction of sp³-hybridized carbons (Fsp3) is 0.533. The minimum atomic E-state index is 0.0129. The third-order valence-electron chi connectivity index (χ3n) is 3.25. The van der Waals surface area contributed by atoms with E-state index in [9.17, 15) is 4.79 Å². The van der Waals surface area contributed by atoms with E-state index in [0.717, 1.165) is 36.3 Å². The normalized spacial score (nSPS) is 11.1. The van der Waals surface area contributed by atoms with Gasteiger partial charge in [0.25, 0.3) is 0 Å². The van der Waals surface area contributed by atoms with Crippen LogP contribution in [-0.4, -0.2) is 55.5 Å². The first-order valence-corrected chi connectivity index (χ1v) is 7.81. The molecule has 1 aromatic rings. The molecule has 0 fully saturated rings. The summed E-state index contributed by atoms with van der Waals surface area (Å²) in [5, 5.41) is 2.92. The highest BCUT2D eigenvalue weighted by molar-refractivity contribution is 9.10. The Balaban J connectivity index is 2.37. The van der Waals surface area contributed by atoms with Gasteiger partial charge in [-0.2, -0.15) is 0 Å². The molecule has 1 aromatic carbocycles. The second kappa shape index (κ2) is 9.10. The van der Waals surface area contributed by atoms with Crippen LogP contribution in [-0.2, 0) is 4.79 Å². The van der Waals surface area contributed by atoms with Crippen LogP contribution in [0.2, 0.25) is 0 Å². The molecule has 0 unspecified atom stereocenters. The quantitative estimate of drug-likeness (QED) is 0.789. The van der Waals surface area contributed by atoms with E-state index in [4.69, 9.17) is 0 Å². The number of nitrogens with zero attached hydrogens (tertiary/aromatic N) is 2. The second-order valence-electron chi connectivity index (χ2n) is 4.79. The largest absolute Gasteiger partial charge is 0.324 e. The Kier molecular flexibility index (Phi) is 7.80. The number of nitrogens with one attached hydrogen (secondary N) is 1. The van der Waals surface area contributed by atoms with Crippen molar-refractivity contribution in [2.24, 2.45) is 0 Å². The fourth-order valence-corrected chi connectivity index (χ4v) is 2.31. The molecular weight excluding hydrogens is 318 g/mol. The average molecular weight is 342 g/mol. The number of hydrogen-bond donors (Lipinski definition) is 1. The Morgan fingerprint density at radius 1 is 1.20 bits per heavy atom. The SMILES string of the molecule is CCN(CC)CCN(C)CC(=O)Nc1ccccc1Br. The number of para-hydroxylation sites is 1. The molecule has 20 heavy (non-hydrogen) atoms. The third-order valence-corrected chi connectivity index (χ3v) is 3.95. The van der Waals surface area contributed by atoms with Crippen LogP contribution in [0.3, 0.4) is 0 Å². The molecule has 0 radical (unpaired) electrons. The predicted molar refractivity (Wildman–Crippen MR) is 88.1 cm³/mol. The highest BCUT2D eigenvalue weighted by Crippen LogP contribution is 2.20.